The van der Waals surface area contributed by atoms with Crippen molar-refractivity contribution in [3.8, 4) is 10.6 Å². The monoisotopic (exact) mass is 407 g/mol. The van der Waals surface area contributed by atoms with Gasteiger partial charge in [0.25, 0.3) is 0 Å². The average Bonchev–Trinajstić information content (AvgIpc) is 3.02. The molecule has 2 aromatic carbocycles. The van der Waals surface area contributed by atoms with Crippen LogP contribution in [-0.2, 0) is 21.2 Å². The molecule has 3 rings (SSSR count). The second kappa shape index (κ2) is 7.55. The van der Waals surface area contributed by atoms with E-state index in [1.54, 1.807) is 17.5 Å². The van der Waals surface area contributed by atoms with E-state index in [9.17, 15) is 13.2 Å². The molecule has 0 bridgehead atoms. The van der Waals surface area contributed by atoms with Gasteiger partial charge in [0.15, 0.2) is 0 Å². The van der Waals surface area contributed by atoms with Crippen molar-refractivity contribution in [2.75, 3.05) is 5.32 Å². The van der Waals surface area contributed by atoms with Crippen molar-refractivity contribution in [2.24, 2.45) is 5.14 Å². The maximum Gasteiger partial charge on any atom is 0.238 e. The predicted molar refractivity (Wildman–Crippen MR) is 103 cm³/mol. The molecular weight excluding hydrogens is 394 g/mol. The summed E-state index contributed by atoms with van der Waals surface area (Å²) < 4.78 is 22.7. The molecule has 0 unspecified atom stereocenters. The van der Waals surface area contributed by atoms with Gasteiger partial charge < -0.3 is 5.32 Å². The van der Waals surface area contributed by atoms with E-state index in [0.717, 1.165) is 10.6 Å². The van der Waals surface area contributed by atoms with Gasteiger partial charge in [-0.15, -0.1) is 11.3 Å². The number of amides is 1. The predicted octanol–water partition coefficient (Wildman–Crippen LogP) is 3.29. The van der Waals surface area contributed by atoms with Crippen LogP contribution in [-0.4, -0.2) is 19.3 Å². The quantitative estimate of drug-likeness (QED) is 0.677. The molecule has 3 N–H and O–H groups in total. The summed E-state index contributed by atoms with van der Waals surface area (Å²) in [6.45, 7) is 0. The van der Waals surface area contributed by atoms with Gasteiger partial charge in [0.2, 0.25) is 15.9 Å². The Balaban J connectivity index is 1.71. The summed E-state index contributed by atoms with van der Waals surface area (Å²) in [6, 6.07) is 13.1. The van der Waals surface area contributed by atoms with Gasteiger partial charge in [-0.25, -0.2) is 18.5 Å². The Kier molecular flexibility index (Phi) is 5.38. The number of nitrogens with one attached hydrogen (secondary N) is 1. The fourth-order valence-electron chi connectivity index (χ4n) is 2.27. The molecule has 1 heterocycles. The number of thiazole rings is 1. The first-order valence-corrected chi connectivity index (χ1v) is 10.3. The molecule has 0 atom stereocenters. The second-order valence-electron chi connectivity index (χ2n) is 5.42. The van der Waals surface area contributed by atoms with Crippen LogP contribution in [0.2, 0.25) is 5.02 Å². The van der Waals surface area contributed by atoms with E-state index in [1.165, 1.54) is 29.5 Å². The number of halogens is 1. The van der Waals surface area contributed by atoms with E-state index < -0.39 is 10.0 Å². The fourth-order valence-corrected chi connectivity index (χ4v) is 3.97. The largest absolute Gasteiger partial charge is 0.326 e. The Bertz CT molecular complexity index is 1060. The average molecular weight is 408 g/mol. The minimum absolute atomic E-state index is 0.0561. The van der Waals surface area contributed by atoms with E-state index in [1.807, 2.05) is 18.2 Å². The maximum absolute atomic E-state index is 12.2. The van der Waals surface area contributed by atoms with E-state index in [4.69, 9.17) is 16.7 Å². The van der Waals surface area contributed by atoms with Gasteiger partial charge in [-0.05, 0) is 24.3 Å². The third-order valence-corrected chi connectivity index (χ3v) is 5.61. The summed E-state index contributed by atoms with van der Waals surface area (Å²) in [5.74, 6) is -0.312. The molecule has 0 fully saturated rings. The van der Waals surface area contributed by atoms with Gasteiger partial charge in [0, 0.05) is 16.6 Å². The lowest BCUT2D eigenvalue weighted by molar-refractivity contribution is -0.115. The fraction of sp³-hybridized carbons (Fsp3) is 0.0588. The number of rotatable bonds is 5. The molecule has 1 amide bonds. The lowest BCUT2D eigenvalue weighted by Crippen LogP contribution is -2.16. The Morgan fingerprint density at radius 3 is 2.69 bits per heavy atom. The number of hydrogen-bond donors (Lipinski definition) is 2. The summed E-state index contributed by atoms with van der Waals surface area (Å²) >= 11 is 7.56. The van der Waals surface area contributed by atoms with Crippen molar-refractivity contribution in [2.45, 2.75) is 11.3 Å². The highest BCUT2D eigenvalue weighted by Crippen LogP contribution is 2.30. The van der Waals surface area contributed by atoms with Crippen LogP contribution < -0.4 is 10.5 Å². The van der Waals surface area contributed by atoms with Crippen LogP contribution in [0.25, 0.3) is 10.6 Å². The summed E-state index contributed by atoms with van der Waals surface area (Å²) in [6.07, 6.45) is 0.0561. The lowest BCUT2D eigenvalue weighted by Gasteiger charge is -2.06. The molecule has 0 spiro atoms. The molecule has 1 aromatic heterocycles. The highest BCUT2D eigenvalue weighted by molar-refractivity contribution is 7.89. The van der Waals surface area contributed by atoms with Gasteiger partial charge in [0.1, 0.15) is 5.01 Å². The molecule has 0 radical (unpaired) electrons. The van der Waals surface area contributed by atoms with Gasteiger partial charge >= 0.3 is 0 Å². The first kappa shape index (κ1) is 18.5. The van der Waals surface area contributed by atoms with Crippen LogP contribution in [0.5, 0.6) is 0 Å². The molecule has 9 heteroatoms. The zero-order valence-corrected chi connectivity index (χ0v) is 15.7. The second-order valence-corrected chi connectivity index (χ2v) is 8.25. The number of carbonyl (C=O) groups excluding carboxylic acids is 1. The smallest absolute Gasteiger partial charge is 0.238 e. The van der Waals surface area contributed by atoms with E-state index in [0.29, 0.717) is 16.4 Å². The molecule has 3 aromatic rings. The topological polar surface area (TPSA) is 102 Å². The molecule has 0 aliphatic rings. The molecule has 6 nitrogen and oxygen atoms in total. The number of anilines is 1. The molecular formula is C17H14ClN3O3S2. The van der Waals surface area contributed by atoms with Crippen LogP contribution in [0.3, 0.4) is 0 Å². The Morgan fingerprint density at radius 1 is 1.19 bits per heavy atom. The Labute approximate surface area is 159 Å². The Hall–Kier alpha value is -2.26. The summed E-state index contributed by atoms with van der Waals surface area (Å²) in [4.78, 5) is 16.6. The van der Waals surface area contributed by atoms with Crippen molar-refractivity contribution < 1.29 is 13.2 Å². The minimum Gasteiger partial charge on any atom is -0.326 e. The molecule has 0 saturated heterocycles. The maximum atomic E-state index is 12.2. The van der Waals surface area contributed by atoms with Crippen molar-refractivity contribution in [3.63, 3.8) is 0 Å². The number of hydrogen-bond acceptors (Lipinski definition) is 5. The molecule has 134 valence electrons. The van der Waals surface area contributed by atoms with Gasteiger partial charge in [0.05, 0.1) is 22.0 Å². The van der Waals surface area contributed by atoms with Gasteiger partial charge in [-0.3, -0.25) is 4.79 Å². The summed E-state index contributed by atoms with van der Waals surface area (Å²) in [5.41, 5.74) is 1.76. The van der Waals surface area contributed by atoms with Crippen LogP contribution in [0.1, 0.15) is 5.69 Å². The number of primary sulfonamides is 1. The van der Waals surface area contributed by atoms with Gasteiger partial charge in [-0.1, -0.05) is 35.9 Å². The third kappa shape index (κ3) is 4.47. The summed E-state index contributed by atoms with van der Waals surface area (Å²) in [7, 11) is -3.83. The number of sulfonamides is 1. The molecule has 0 aliphatic heterocycles. The lowest BCUT2D eigenvalue weighted by atomic mass is 10.2. The highest BCUT2D eigenvalue weighted by atomic mass is 35.5. The number of nitrogens with two attached hydrogens (primary N) is 1. The van der Waals surface area contributed by atoms with Crippen LogP contribution in [0, 0.1) is 0 Å². The summed E-state index contributed by atoms with van der Waals surface area (Å²) in [5, 5.41) is 10.9. The first-order valence-electron chi connectivity index (χ1n) is 7.45. The highest BCUT2D eigenvalue weighted by Gasteiger charge is 2.13. The molecule has 0 saturated carbocycles. The van der Waals surface area contributed by atoms with Gasteiger partial charge in [-0.2, -0.15) is 0 Å². The number of nitrogens with zero attached hydrogens (tertiary/aromatic N) is 1. The van der Waals surface area contributed by atoms with Crippen molar-refractivity contribution >= 4 is 44.6 Å². The SMILES string of the molecule is NS(=O)(=O)c1cccc(NC(=O)Cc2csc(-c3ccccc3Cl)n2)c1. The minimum atomic E-state index is -3.83. The number of aromatic nitrogens is 1. The standard InChI is InChI=1S/C17H14ClN3O3S2/c18-15-7-2-1-6-14(15)17-21-12(10-25-17)9-16(22)20-11-4-3-5-13(8-11)26(19,23)24/h1-8,10H,9H2,(H,20,22)(H2,19,23,24). The van der Waals surface area contributed by atoms with Crippen molar-refractivity contribution in [1.29, 1.82) is 0 Å². The number of benzene rings is 2. The van der Waals surface area contributed by atoms with Crippen molar-refractivity contribution in [3.05, 3.63) is 64.6 Å². The van der Waals surface area contributed by atoms with E-state index in [2.05, 4.69) is 10.3 Å². The molecule has 0 aliphatic carbocycles. The third-order valence-electron chi connectivity index (χ3n) is 3.44. The normalized spacial score (nSPS) is 11.3. The molecule has 26 heavy (non-hydrogen) atoms. The van der Waals surface area contributed by atoms with Crippen LogP contribution in [0.15, 0.2) is 58.8 Å². The number of carbonyl (C=O) groups is 1. The first-order chi connectivity index (χ1) is 12.3. The van der Waals surface area contributed by atoms with Crippen LogP contribution in [0.4, 0.5) is 5.69 Å². The Morgan fingerprint density at radius 2 is 1.96 bits per heavy atom. The van der Waals surface area contributed by atoms with Crippen molar-refractivity contribution in [1.82, 2.24) is 4.98 Å². The zero-order valence-electron chi connectivity index (χ0n) is 13.3. The van der Waals surface area contributed by atoms with E-state index in [-0.39, 0.29) is 17.2 Å². The van der Waals surface area contributed by atoms with Crippen LogP contribution >= 0.6 is 22.9 Å². The zero-order chi connectivity index (χ0) is 18.7. The van der Waals surface area contributed by atoms with E-state index >= 15 is 0 Å².